The molecule has 1 rings (SSSR count). The monoisotopic (exact) mass is 176 g/mol. The summed E-state index contributed by atoms with van der Waals surface area (Å²) < 4.78 is 0. The van der Waals surface area contributed by atoms with Gasteiger partial charge in [-0.05, 0) is 12.8 Å². The van der Waals surface area contributed by atoms with E-state index in [0.29, 0.717) is 0 Å². The average molecular weight is 176 g/mol. The zero-order chi connectivity index (χ0) is 7.23. The van der Waals surface area contributed by atoms with Crippen LogP contribution in [0.3, 0.4) is 0 Å². The van der Waals surface area contributed by atoms with Gasteiger partial charge in [-0.2, -0.15) is 0 Å². The van der Waals surface area contributed by atoms with E-state index in [1.54, 1.807) is 0 Å². The maximum absolute atomic E-state index is 2.27. The van der Waals surface area contributed by atoms with Gasteiger partial charge in [0.15, 0.2) is 0 Å². The second kappa shape index (κ2) is 5.36. The highest BCUT2D eigenvalue weighted by molar-refractivity contribution is 8.77. The first-order valence-electron chi connectivity index (χ1n) is 4.21. The topological polar surface area (TPSA) is 0 Å². The minimum absolute atomic E-state index is 0.997. The molecule has 60 valence electrons. The van der Waals surface area contributed by atoms with Crippen molar-refractivity contribution >= 4 is 21.6 Å². The molecule has 1 atom stereocenters. The zero-order valence-corrected chi connectivity index (χ0v) is 8.27. The standard InChI is InChI=1S/C8H16S2/c1-2-3-4-5-8-6-7-9-10-8/h8H,2-7H2,1H3/t8-/m0/s1. The average Bonchev–Trinajstić information content (AvgIpc) is 2.41. The summed E-state index contributed by atoms with van der Waals surface area (Å²) in [5, 5.41) is 0.997. The summed E-state index contributed by atoms with van der Waals surface area (Å²) in [7, 11) is 4.17. The van der Waals surface area contributed by atoms with Crippen molar-refractivity contribution in [2.45, 2.75) is 44.3 Å². The maximum Gasteiger partial charge on any atom is 0.0159 e. The summed E-state index contributed by atoms with van der Waals surface area (Å²) in [4.78, 5) is 0. The lowest BCUT2D eigenvalue weighted by Gasteiger charge is -2.04. The lowest BCUT2D eigenvalue weighted by atomic mass is 10.1. The first-order valence-corrected chi connectivity index (χ1v) is 6.60. The molecule has 0 bridgehead atoms. The fourth-order valence-corrected chi connectivity index (χ4v) is 4.21. The Morgan fingerprint density at radius 2 is 2.30 bits per heavy atom. The molecule has 0 unspecified atom stereocenters. The molecule has 0 aromatic rings. The Morgan fingerprint density at radius 1 is 1.40 bits per heavy atom. The van der Waals surface area contributed by atoms with Crippen molar-refractivity contribution in [1.82, 2.24) is 0 Å². The van der Waals surface area contributed by atoms with Gasteiger partial charge in [-0.1, -0.05) is 47.8 Å². The summed E-state index contributed by atoms with van der Waals surface area (Å²) in [6.45, 7) is 2.27. The number of hydrogen-bond donors (Lipinski definition) is 0. The van der Waals surface area contributed by atoms with E-state index in [9.17, 15) is 0 Å². The van der Waals surface area contributed by atoms with Crippen LogP contribution in [0, 0.1) is 0 Å². The van der Waals surface area contributed by atoms with Gasteiger partial charge in [-0.3, -0.25) is 0 Å². The van der Waals surface area contributed by atoms with Crippen LogP contribution in [-0.2, 0) is 0 Å². The summed E-state index contributed by atoms with van der Waals surface area (Å²) in [5.41, 5.74) is 0. The zero-order valence-electron chi connectivity index (χ0n) is 6.64. The van der Waals surface area contributed by atoms with Crippen LogP contribution in [0.5, 0.6) is 0 Å². The predicted octanol–water partition coefficient (Wildman–Crippen LogP) is 3.72. The highest BCUT2D eigenvalue weighted by Gasteiger charge is 2.14. The normalized spacial score (nSPS) is 25.5. The van der Waals surface area contributed by atoms with Crippen molar-refractivity contribution in [3.8, 4) is 0 Å². The second-order valence-electron chi connectivity index (χ2n) is 2.82. The van der Waals surface area contributed by atoms with Crippen molar-refractivity contribution in [1.29, 1.82) is 0 Å². The molecule has 1 fully saturated rings. The highest BCUT2D eigenvalue weighted by Crippen LogP contribution is 2.39. The molecule has 0 radical (unpaired) electrons. The van der Waals surface area contributed by atoms with Crippen LogP contribution < -0.4 is 0 Å². The van der Waals surface area contributed by atoms with E-state index in [1.807, 2.05) is 0 Å². The molecule has 0 amide bonds. The van der Waals surface area contributed by atoms with Crippen LogP contribution in [0.1, 0.15) is 39.0 Å². The van der Waals surface area contributed by atoms with Gasteiger partial charge in [-0.15, -0.1) is 0 Å². The van der Waals surface area contributed by atoms with Gasteiger partial charge in [-0.25, -0.2) is 0 Å². The Hall–Kier alpha value is 0.700. The molecule has 1 aliphatic heterocycles. The fourth-order valence-electron chi connectivity index (χ4n) is 1.19. The third-order valence-corrected chi connectivity index (χ3v) is 4.86. The largest absolute Gasteiger partial charge is 0.0938 e. The SMILES string of the molecule is CCCCC[C@H]1CCSS1. The van der Waals surface area contributed by atoms with Gasteiger partial charge >= 0.3 is 0 Å². The van der Waals surface area contributed by atoms with Crippen molar-refractivity contribution in [2.24, 2.45) is 0 Å². The molecule has 0 saturated carbocycles. The van der Waals surface area contributed by atoms with E-state index >= 15 is 0 Å². The summed E-state index contributed by atoms with van der Waals surface area (Å²) >= 11 is 0. The molecular weight excluding hydrogens is 160 g/mol. The van der Waals surface area contributed by atoms with E-state index in [1.165, 1.54) is 37.9 Å². The van der Waals surface area contributed by atoms with Crippen molar-refractivity contribution in [3.05, 3.63) is 0 Å². The van der Waals surface area contributed by atoms with Crippen LogP contribution in [0.2, 0.25) is 0 Å². The third kappa shape index (κ3) is 3.20. The predicted molar refractivity (Wildman–Crippen MR) is 52.6 cm³/mol. The Balaban J connectivity index is 1.91. The molecule has 0 aliphatic carbocycles. The van der Waals surface area contributed by atoms with Crippen LogP contribution in [0.15, 0.2) is 0 Å². The molecule has 0 aromatic carbocycles. The minimum atomic E-state index is 0.997. The smallest absolute Gasteiger partial charge is 0.0159 e. The van der Waals surface area contributed by atoms with Crippen molar-refractivity contribution < 1.29 is 0 Å². The molecule has 0 aromatic heterocycles. The first kappa shape index (κ1) is 8.79. The molecule has 10 heavy (non-hydrogen) atoms. The van der Waals surface area contributed by atoms with Gasteiger partial charge in [0.25, 0.3) is 0 Å². The molecule has 0 spiro atoms. The van der Waals surface area contributed by atoms with Gasteiger partial charge < -0.3 is 0 Å². The molecular formula is C8H16S2. The Bertz CT molecular complexity index is 77.3. The molecule has 1 aliphatic rings. The summed E-state index contributed by atoms with van der Waals surface area (Å²) in [5.74, 6) is 1.39. The van der Waals surface area contributed by atoms with Crippen LogP contribution >= 0.6 is 21.6 Å². The first-order chi connectivity index (χ1) is 4.93. The van der Waals surface area contributed by atoms with E-state index in [-0.39, 0.29) is 0 Å². The van der Waals surface area contributed by atoms with Crippen LogP contribution in [-0.4, -0.2) is 11.0 Å². The quantitative estimate of drug-likeness (QED) is 0.473. The Labute approximate surface area is 71.9 Å². The number of hydrogen-bond acceptors (Lipinski definition) is 2. The molecule has 1 saturated heterocycles. The summed E-state index contributed by atoms with van der Waals surface area (Å²) in [6, 6.07) is 0. The third-order valence-electron chi connectivity index (χ3n) is 1.86. The number of unbranched alkanes of at least 4 members (excludes halogenated alkanes) is 2. The van der Waals surface area contributed by atoms with Gasteiger partial charge in [0.2, 0.25) is 0 Å². The number of rotatable bonds is 4. The minimum Gasteiger partial charge on any atom is -0.0938 e. The Kier molecular flexibility index (Phi) is 4.72. The maximum atomic E-state index is 2.27. The lowest BCUT2D eigenvalue weighted by molar-refractivity contribution is 0.642. The highest BCUT2D eigenvalue weighted by atomic mass is 33.1. The lowest BCUT2D eigenvalue weighted by Crippen LogP contribution is -1.96. The fraction of sp³-hybridized carbons (Fsp3) is 1.00. The van der Waals surface area contributed by atoms with Gasteiger partial charge in [0, 0.05) is 11.0 Å². The van der Waals surface area contributed by atoms with Crippen molar-refractivity contribution in [3.63, 3.8) is 0 Å². The van der Waals surface area contributed by atoms with Crippen LogP contribution in [0.4, 0.5) is 0 Å². The molecule has 0 nitrogen and oxygen atoms in total. The van der Waals surface area contributed by atoms with E-state index in [2.05, 4.69) is 28.5 Å². The van der Waals surface area contributed by atoms with Crippen molar-refractivity contribution in [2.75, 3.05) is 5.75 Å². The van der Waals surface area contributed by atoms with Gasteiger partial charge in [0.1, 0.15) is 0 Å². The van der Waals surface area contributed by atoms with Gasteiger partial charge in [0.05, 0.1) is 0 Å². The Morgan fingerprint density at radius 3 is 2.90 bits per heavy atom. The second-order valence-corrected chi connectivity index (χ2v) is 5.61. The summed E-state index contributed by atoms with van der Waals surface area (Å²) in [6.07, 6.45) is 7.17. The molecule has 0 N–H and O–H groups in total. The van der Waals surface area contributed by atoms with E-state index in [0.717, 1.165) is 5.25 Å². The van der Waals surface area contributed by atoms with E-state index < -0.39 is 0 Å². The van der Waals surface area contributed by atoms with Crippen LogP contribution in [0.25, 0.3) is 0 Å². The molecule has 2 heteroatoms. The molecule has 1 heterocycles. The van der Waals surface area contributed by atoms with E-state index in [4.69, 9.17) is 0 Å².